The van der Waals surface area contributed by atoms with Crippen LogP contribution in [0, 0.1) is 18.8 Å². The molecule has 1 fully saturated rings. The monoisotopic (exact) mass is 279 g/mol. The van der Waals surface area contributed by atoms with Crippen LogP contribution in [0.25, 0.3) is 0 Å². The molecule has 1 aromatic heterocycles. The molecule has 1 saturated carbocycles. The van der Waals surface area contributed by atoms with Crippen LogP contribution in [0.5, 0.6) is 0 Å². The van der Waals surface area contributed by atoms with Gasteiger partial charge in [-0.15, -0.1) is 10.2 Å². The van der Waals surface area contributed by atoms with E-state index in [0.717, 1.165) is 30.6 Å². The third kappa shape index (κ3) is 3.58. The first-order valence-electron chi connectivity index (χ1n) is 7.68. The average molecular weight is 279 g/mol. The zero-order valence-corrected chi connectivity index (χ0v) is 12.8. The fraction of sp³-hybridized carbons (Fsp3) is 0.800. The topological polar surface area (TPSA) is 57.0 Å². The van der Waals surface area contributed by atoms with Gasteiger partial charge in [0.15, 0.2) is 0 Å². The molecule has 0 aliphatic heterocycles. The molecule has 0 spiro atoms. The third-order valence-electron chi connectivity index (χ3n) is 4.20. The van der Waals surface area contributed by atoms with Crippen molar-refractivity contribution in [1.82, 2.24) is 14.8 Å². The lowest BCUT2D eigenvalue weighted by atomic mass is 9.81. The van der Waals surface area contributed by atoms with Crippen LogP contribution in [-0.2, 0) is 11.3 Å². The van der Waals surface area contributed by atoms with Crippen molar-refractivity contribution in [2.24, 2.45) is 11.8 Å². The van der Waals surface area contributed by atoms with Gasteiger partial charge in [-0.3, -0.25) is 0 Å². The SMILES string of the molecule is CCOC(=O)c1nnc(C)n1CCC1CCCC(C)C1. The molecule has 0 amide bonds. The van der Waals surface area contributed by atoms with Crippen LogP contribution in [0.3, 0.4) is 0 Å². The van der Waals surface area contributed by atoms with E-state index in [1.165, 1.54) is 25.7 Å². The number of esters is 1. The first-order valence-corrected chi connectivity index (χ1v) is 7.68. The Hall–Kier alpha value is -1.39. The summed E-state index contributed by atoms with van der Waals surface area (Å²) in [6.07, 6.45) is 6.39. The Bertz CT molecular complexity index is 456. The first-order chi connectivity index (χ1) is 9.61. The average Bonchev–Trinajstić information content (AvgIpc) is 2.78. The molecule has 1 aliphatic rings. The van der Waals surface area contributed by atoms with Gasteiger partial charge < -0.3 is 9.30 Å². The van der Waals surface area contributed by atoms with E-state index in [1.807, 2.05) is 11.5 Å². The lowest BCUT2D eigenvalue weighted by Crippen LogP contribution is -2.18. The highest BCUT2D eigenvalue weighted by Crippen LogP contribution is 2.31. The molecule has 20 heavy (non-hydrogen) atoms. The summed E-state index contributed by atoms with van der Waals surface area (Å²) in [5.41, 5.74) is 0. The summed E-state index contributed by atoms with van der Waals surface area (Å²) in [4.78, 5) is 11.8. The predicted molar refractivity (Wildman–Crippen MR) is 76.5 cm³/mol. The maximum atomic E-state index is 11.8. The molecule has 0 N–H and O–H groups in total. The van der Waals surface area contributed by atoms with Crippen molar-refractivity contribution >= 4 is 5.97 Å². The van der Waals surface area contributed by atoms with Crippen LogP contribution >= 0.6 is 0 Å². The summed E-state index contributed by atoms with van der Waals surface area (Å²) in [5.74, 6) is 2.35. The zero-order valence-electron chi connectivity index (χ0n) is 12.8. The molecule has 1 heterocycles. The Morgan fingerprint density at radius 2 is 2.20 bits per heavy atom. The Morgan fingerprint density at radius 1 is 1.40 bits per heavy atom. The highest BCUT2D eigenvalue weighted by Gasteiger charge is 2.21. The van der Waals surface area contributed by atoms with Crippen LogP contribution in [0.2, 0.25) is 0 Å². The smallest absolute Gasteiger partial charge is 0.376 e. The van der Waals surface area contributed by atoms with Gasteiger partial charge in [-0.25, -0.2) is 4.79 Å². The molecule has 5 heteroatoms. The Kier molecular flexibility index (Phi) is 5.15. The van der Waals surface area contributed by atoms with Crippen molar-refractivity contribution < 1.29 is 9.53 Å². The molecule has 112 valence electrons. The molecule has 1 aliphatic carbocycles. The van der Waals surface area contributed by atoms with E-state index in [0.29, 0.717) is 12.4 Å². The van der Waals surface area contributed by atoms with Gasteiger partial charge >= 0.3 is 5.97 Å². The summed E-state index contributed by atoms with van der Waals surface area (Å²) in [6, 6.07) is 0. The molecule has 0 radical (unpaired) electrons. The number of carbonyl (C=O) groups excluding carboxylic acids is 1. The minimum Gasteiger partial charge on any atom is -0.460 e. The van der Waals surface area contributed by atoms with Crippen LogP contribution in [0.15, 0.2) is 0 Å². The van der Waals surface area contributed by atoms with Gasteiger partial charge in [0.2, 0.25) is 5.82 Å². The van der Waals surface area contributed by atoms with Gasteiger partial charge in [0, 0.05) is 6.54 Å². The summed E-state index contributed by atoms with van der Waals surface area (Å²) in [5, 5.41) is 7.96. The zero-order chi connectivity index (χ0) is 14.5. The lowest BCUT2D eigenvalue weighted by molar-refractivity contribution is 0.0504. The summed E-state index contributed by atoms with van der Waals surface area (Å²) in [6.45, 7) is 7.20. The van der Waals surface area contributed by atoms with E-state index in [-0.39, 0.29) is 5.97 Å². The number of nitrogens with zero attached hydrogens (tertiary/aromatic N) is 3. The summed E-state index contributed by atoms with van der Waals surface area (Å²) in [7, 11) is 0. The van der Waals surface area contributed by atoms with Crippen LogP contribution in [-0.4, -0.2) is 27.3 Å². The molecule has 2 rings (SSSR count). The van der Waals surface area contributed by atoms with E-state index in [1.54, 1.807) is 6.92 Å². The van der Waals surface area contributed by atoms with Crippen molar-refractivity contribution in [3.63, 3.8) is 0 Å². The Balaban J connectivity index is 1.98. The van der Waals surface area contributed by atoms with Gasteiger partial charge in [-0.2, -0.15) is 0 Å². The predicted octanol–water partition coefficient (Wildman–Crippen LogP) is 2.98. The minimum atomic E-state index is -0.370. The molecular formula is C15H25N3O2. The number of aromatic nitrogens is 3. The fourth-order valence-corrected chi connectivity index (χ4v) is 3.13. The highest BCUT2D eigenvalue weighted by atomic mass is 16.5. The lowest BCUT2D eigenvalue weighted by Gasteiger charge is -2.26. The third-order valence-corrected chi connectivity index (χ3v) is 4.20. The second kappa shape index (κ2) is 6.86. The molecule has 0 saturated heterocycles. The molecule has 5 nitrogen and oxygen atoms in total. The van der Waals surface area contributed by atoms with Crippen molar-refractivity contribution in [2.45, 2.75) is 59.4 Å². The van der Waals surface area contributed by atoms with Gasteiger partial charge in [-0.05, 0) is 38.5 Å². The van der Waals surface area contributed by atoms with Gasteiger partial charge in [-0.1, -0.05) is 26.2 Å². The maximum absolute atomic E-state index is 11.8. The quantitative estimate of drug-likeness (QED) is 0.777. The van der Waals surface area contributed by atoms with Crippen molar-refractivity contribution in [3.05, 3.63) is 11.6 Å². The number of hydrogen-bond donors (Lipinski definition) is 0. The normalized spacial score (nSPS) is 22.8. The van der Waals surface area contributed by atoms with Crippen LogP contribution in [0.4, 0.5) is 0 Å². The number of aryl methyl sites for hydroxylation is 1. The number of rotatable bonds is 5. The van der Waals surface area contributed by atoms with E-state index in [2.05, 4.69) is 17.1 Å². The van der Waals surface area contributed by atoms with Gasteiger partial charge in [0.25, 0.3) is 0 Å². The van der Waals surface area contributed by atoms with E-state index >= 15 is 0 Å². The second-order valence-corrected chi connectivity index (χ2v) is 5.87. The van der Waals surface area contributed by atoms with Gasteiger partial charge in [0.1, 0.15) is 5.82 Å². The molecule has 0 aromatic carbocycles. The second-order valence-electron chi connectivity index (χ2n) is 5.87. The molecule has 0 bridgehead atoms. The highest BCUT2D eigenvalue weighted by molar-refractivity contribution is 5.85. The number of carbonyl (C=O) groups is 1. The van der Waals surface area contributed by atoms with E-state index in [4.69, 9.17) is 4.74 Å². The maximum Gasteiger partial charge on any atom is 0.376 e. The standard InChI is InChI=1S/C15H25N3O2/c1-4-20-15(19)14-17-16-12(3)18(14)9-8-13-7-5-6-11(2)10-13/h11,13H,4-10H2,1-3H3. The molecule has 2 atom stereocenters. The van der Waals surface area contributed by atoms with Crippen molar-refractivity contribution in [1.29, 1.82) is 0 Å². The van der Waals surface area contributed by atoms with E-state index in [9.17, 15) is 4.79 Å². The largest absolute Gasteiger partial charge is 0.460 e. The van der Waals surface area contributed by atoms with Crippen molar-refractivity contribution in [3.8, 4) is 0 Å². The summed E-state index contributed by atoms with van der Waals surface area (Å²) >= 11 is 0. The first kappa shape index (κ1) is 15.0. The Labute approximate surface area is 120 Å². The van der Waals surface area contributed by atoms with Crippen LogP contribution < -0.4 is 0 Å². The van der Waals surface area contributed by atoms with Crippen molar-refractivity contribution in [2.75, 3.05) is 6.61 Å². The Morgan fingerprint density at radius 3 is 2.90 bits per heavy atom. The summed E-state index contributed by atoms with van der Waals surface area (Å²) < 4.78 is 6.93. The molecular weight excluding hydrogens is 254 g/mol. The number of ether oxygens (including phenoxy) is 1. The van der Waals surface area contributed by atoms with Crippen LogP contribution in [0.1, 0.15) is 62.4 Å². The molecule has 1 aromatic rings. The number of hydrogen-bond acceptors (Lipinski definition) is 4. The molecule has 2 unspecified atom stereocenters. The minimum absolute atomic E-state index is 0.341. The van der Waals surface area contributed by atoms with E-state index < -0.39 is 0 Å². The van der Waals surface area contributed by atoms with Gasteiger partial charge in [0.05, 0.1) is 6.61 Å². The fourth-order valence-electron chi connectivity index (χ4n) is 3.13.